The number of Topliss-reactive ketones (excluding diaryl/α,β-unsaturated/α-hetero) is 1. The molecule has 3 aliphatic rings. The van der Waals surface area contributed by atoms with E-state index < -0.39 is 35.7 Å². The van der Waals surface area contributed by atoms with Crippen LogP contribution in [0.5, 0.6) is 11.6 Å². The lowest BCUT2D eigenvalue weighted by Gasteiger charge is -2.32. The topological polar surface area (TPSA) is 140 Å². The van der Waals surface area contributed by atoms with Crippen LogP contribution in [0.2, 0.25) is 0 Å². The Balaban J connectivity index is 1.44. The summed E-state index contributed by atoms with van der Waals surface area (Å²) in [5.41, 5.74) is 1.50. The average Bonchev–Trinajstić information content (AvgIpc) is 3.51. The summed E-state index contributed by atoms with van der Waals surface area (Å²) >= 11 is 0. The van der Waals surface area contributed by atoms with Crippen molar-refractivity contribution in [2.75, 3.05) is 20.2 Å². The summed E-state index contributed by atoms with van der Waals surface area (Å²) in [4.78, 5) is 49.7. The molecular weight excluding hydrogens is 528 g/mol. The number of nitrogens with zero attached hydrogens (tertiary/aromatic N) is 3. The SMILES string of the molecule is COc1ccc2nc3c(nc2c1)O[C@@H]1C[C@@H](C(=O)O)N(CC(=O)[C@H](C(C)(C)C)NC(=O)O[C@@H]2C[C@H]2CCCCC3)C1. The van der Waals surface area contributed by atoms with Gasteiger partial charge < -0.3 is 24.6 Å². The number of carboxylic acids is 1. The number of alkyl carbamates (subject to hydrolysis) is 1. The summed E-state index contributed by atoms with van der Waals surface area (Å²) in [5, 5.41) is 12.8. The van der Waals surface area contributed by atoms with Gasteiger partial charge in [-0.15, -0.1) is 0 Å². The first-order valence-corrected chi connectivity index (χ1v) is 14.5. The van der Waals surface area contributed by atoms with Crippen LogP contribution >= 0.6 is 0 Å². The summed E-state index contributed by atoms with van der Waals surface area (Å²) in [6, 6.07) is 3.77. The molecule has 11 heteroatoms. The van der Waals surface area contributed by atoms with E-state index in [-0.39, 0.29) is 31.4 Å². The molecule has 1 saturated heterocycles. The van der Waals surface area contributed by atoms with Crippen LogP contribution < -0.4 is 14.8 Å². The number of rotatable bonds is 2. The molecule has 1 aliphatic carbocycles. The van der Waals surface area contributed by atoms with Gasteiger partial charge in [0.1, 0.15) is 29.7 Å². The number of carbonyl (C=O) groups excluding carboxylic acids is 2. The van der Waals surface area contributed by atoms with E-state index in [1.54, 1.807) is 18.1 Å². The molecule has 5 rings (SSSR count). The lowest BCUT2D eigenvalue weighted by molar-refractivity contribution is -0.142. The van der Waals surface area contributed by atoms with Crippen molar-refractivity contribution in [2.24, 2.45) is 11.3 Å². The Morgan fingerprint density at radius 1 is 1.10 bits per heavy atom. The molecule has 2 bridgehead atoms. The molecule has 222 valence electrons. The zero-order valence-corrected chi connectivity index (χ0v) is 24.2. The van der Waals surface area contributed by atoms with Crippen molar-refractivity contribution in [3.63, 3.8) is 0 Å². The minimum atomic E-state index is -1.03. The lowest BCUT2D eigenvalue weighted by atomic mass is 9.84. The number of carboxylic acid groups (broad SMARTS) is 1. The van der Waals surface area contributed by atoms with Crippen LogP contribution in [0, 0.1) is 11.3 Å². The van der Waals surface area contributed by atoms with E-state index in [9.17, 15) is 19.5 Å². The third-order valence-corrected chi connectivity index (χ3v) is 8.25. The molecule has 1 unspecified atom stereocenters. The highest BCUT2D eigenvalue weighted by atomic mass is 16.6. The number of carbonyl (C=O) groups is 3. The number of aliphatic carboxylic acids is 1. The second-order valence-electron chi connectivity index (χ2n) is 12.5. The quantitative estimate of drug-likeness (QED) is 0.550. The Morgan fingerprint density at radius 3 is 2.63 bits per heavy atom. The first kappa shape index (κ1) is 29.0. The van der Waals surface area contributed by atoms with Gasteiger partial charge in [0.25, 0.3) is 0 Å². The van der Waals surface area contributed by atoms with E-state index in [0.717, 1.165) is 43.3 Å². The normalized spacial score (nSPS) is 29.5. The molecular formula is C30H40N4O7. The van der Waals surface area contributed by atoms with Crippen molar-refractivity contribution in [2.45, 2.75) is 90.0 Å². The number of aromatic nitrogens is 2. The Bertz CT molecular complexity index is 1310. The van der Waals surface area contributed by atoms with Crippen LogP contribution in [-0.4, -0.2) is 82.3 Å². The molecule has 6 atom stereocenters. The second kappa shape index (κ2) is 11.8. The van der Waals surface area contributed by atoms with E-state index in [2.05, 4.69) is 5.32 Å². The van der Waals surface area contributed by atoms with Crippen molar-refractivity contribution in [3.8, 4) is 11.6 Å². The number of ether oxygens (including phenoxy) is 3. The third kappa shape index (κ3) is 6.89. The fourth-order valence-corrected chi connectivity index (χ4v) is 5.88. The van der Waals surface area contributed by atoms with Gasteiger partial charge in [0, 0.05) is 19.0 Å². The van der Waals surface area contributed by atoms with Gasteiger partial charge in [0.15, 0.2) is 5.78 Å². The average molecular weight is 569 g/mol. The van der Waals surface area contributed by atoms with Crippen molar-refractivity contribution >= 4 is 28.9 Å². The van der Waals surface area contributed by atoms with Crippen molar-refractivity contribution in [1.29, 1.82) is 0 Å². The number of ketones is 1. The van der Waals surface area contributed by atoms with Gasteiger partial charge in [-0.25, -0.2) is 14.8 Å². The molecule has 2 fully saturated rings. The summed E-state index contributed by atoms with van der Waals surface area (Å²) in [7, 11) is 1.59. The van der Waals surface area contributed by atoms with Gasteiger partial charge >= 0.3 is 12.1 Å². The Labute approximate surface area is 239 Å². The maximum atomic E-state index is 13.5. The molecule has 1 amide bonds. The standard InChI is InChI=1S/C30H40N4O7/c1-30(2,3)26-24(35)16-34-15-19(14-23(34)28(36)37)40-27-21(31-20-11-10-18(39-4)13-22(20)32-27)9-7-5-6-8-17-12-25(17)41-29(38)33-26/h10-11,13,17,19,23,25-26H,5-9,12,14-16H2,1-4H3,(H,33,38)(H,36,37)/t17-,19-,23+,25-,26-/m1/s1. The first-order valence-electron chi connectivity index (χ1n) is 14.5. The molecule has 1 aromatic carbocycles. The summed E-state index contributed by atoms with van der Waals surface area (Å²) < 4.78 is 17.4. The number of benzene rings is 1. The highest BCUT2D eigenvalue weighted by Crippen LogP contribution is 2.38. The largest absolute Gasteiger partial charge is 0.497 e. The molecule has 2 N–H and O–H groups in total. The van der Waals surface area contributed by atoms with E-state index in [1.807, 2.05) is 32.9 Å². The van der Waals surface area contributed by atoms with Gasteiger partial charge in [-0.05, 0) is 49.1 Å². The number of fused-ring (bicyclic) bond motifs is 5. The van der Waals surface area contributed by atoms with E-state index in [1.165, 1.54) is 0 Å². The van der Waals surface area contributed by atoms with Crippen LogP contribution in [0.3, 0.4) is 0 Å². The molecule has 0 spiro atoms. The number of amides is 1. The highest BCUT2D eigenvalue weighted by molar-refractivity contribution is 5.90. The molecule has 0 radical (unpaired) electrons. The van der Waals surface area contributed by atoms with Gasteiger partial charge in [-0.1, -0.05) is 33.6 Å². The van der Waals surface area contributed by atoms with Crippen LogP contribution in [0.25, 0.3) is 11.0 Å². The molecule has 2 aromatic rings. The predicted molar refractivity (Wildman–Crippen MR) is 150 cm³/mol. The van der Waals surface area contributed by atoms with Gasteiger partial charge in [-0.3, -0.25) is 14.5 Å². The zero-order chi connectivity index (χ0) is 29.3. The third-order valence-electron chi connectivity index (χ3n) is 8.25. The summed E-state index contributed by atoms with van der Waals surface area (Å²) in [6.45, 7) is 5.68. The van der Waals surface area contributed by atoms with E-state index in [0.29, 0.717) is 29.5 Å². The van der Waals surface area contributed by atoms with Gasteiger partial charge in [0.05, 0.1) is 30.7 Å². The minimum Gasteiger partial charge on any atom is -0.497 e. The van der Waals surface area contributed by atoms with Crippen LogP contribution in [-0.2, 0) is 20.7 Å². The van der Waals surface area contributed by atoms with Crippen molar-refractivity contribution < 1.29 is 33.7 Å². The fourth-order valence-electron chi connectivity index (χ4n) is 5.88. The zero-order valence-electron chi connectivity index (χ0n) is 24.2. The van der Waals surface area contributed by atoms with Crippen molar-refractivity contribution in [1.82, 2.24) is 20.2 Å². The molecule has 1 aromatic heterocycles. The molecule has 11 nitrogen and oxygen atoms in total. The Hall–Kier alpha value is -3.47. The molecule has 41 heavy (non-hydrogen) atoms. The Kier molecular flexibility index (Phi) is 8.35. The number of methoxy groups -OCH3 is 1. The lowest BCUT2D eigenvalue weighted by Crippen LogP contribution is -2.53. The molecule has 3 heterocycles. The number of hydrogen-bond acceptors (Lipinski definition) is 9. The second-order valence-corrected chi connectivity index (χ2v) is 12.5. The van der Waals surface area contributed by atoms with Crippen LogP contribution in [0.4, 0.5) is 4.79 Å². The summed E-state index contributed by atoms with van der Waals surface area (Å²) in [6.07, 6.45) is 4.30. The molecule has 2 aliphatic heterocycles. The number of aryl methyl sites for hydroxylation is 1. The van der Waals surface area contributed by atoms with Crippen molar-refractivity contribution in [3.05, 3.63) is 23.9 Å². The first-order chi connectivity index (χ1) is 19.5. The highest BCUT2D eigenvalue weighted by Gasteiger charge is 2.44. The minimum absolute atomic E-state index is 0.133. The maximum absolute atomic E-state index is 13.5. The monoisotopic (exact) mass is 568 g/mol. The summed E-state index contributed by atoms with van der Waals surface area (Å²) in [5.74, 6) is 0.0766. The maximum Gasteiger partial charge on any atom is 0.408 e. The number of hydrogen-bond donors (Lipinski definition) is 2. The fraction of sp³-hybridized carbons (Fsp3) is 0.633. The Morgan fingerprint density at radius 2 is 1.90 bits per heavy atom. The predicted octanol–water partition coefficient (Wildman–Crippen LogP) is 3.76. The smallest absolute Gasteiger partial charge is 0.408 e. The van der Waals surface area contributed by atoms with Gasteiger partial charge in [-0.2, -0.15) is 0 Å². The molecule has 1 saturated carbocycles. The van der Waals surface area contributed by atoms with E-state index >= 15 is 0 Å². The van der Waals surface area contributed by atoms with Gasteiger partial charge in [0.2, 0.25) is 5.88 Å². The van der Waals surface area contributed by atoms with E-state index in [4.69, 9.17) is 24.2 Å². The van der Waals surface area contributed by atoms with Crippen LogP contribution in [0.15, 0.2) is 18.2 Å². The van der Waals surface area contributed by atoms with Crippen LogP contribution in [0.1, 0.15) is 65.0 Å². The number of nitrogens with one attached hydrogen (secondary N) is 1.